The highest BCUT2D eigenvalue weighted by molar-refractivity contribution is 7.80. The maximum atomic E-state index is 13.1. The van der Waals surface area contributed by atoms with Crippen LogP contribution in [0.3, 0.4) is 0 Å². The molecule has 0 radical (unpaired) electrons. The normalized spacial score (nSPS) is 10.8. The van der Waals surface area contributed by atoms with Gasteiger partial charge in [0.05, 0.1) is 5.02 Å². The second kappa shape index (κ2) is 5.94. The number of benzene rings is 1. The number of halogens is 2. The predicted molar refractivity (Wildman–Crippen MR) is 59.9 cm³/mol. The molecule has 0 N–H and O–H groups in total. The first-order chi connectivity index (χ1) is 6.75. The molecule has 0 unspecified atom stereocenters. The fourth-order valence-electron chi connectivity index (χ4n) is 0.894. The van der Waals surface area contributed by atoms with E-state index in [4.69, 9.17) is 16.3 Å². The van der Waals surface area contributed by atoms with Crippen LogP contribution < -0.4 is 4.74 Å². The van der Waals surface area contributed by atoms with Crippen molar-refractivity contribution >= 4 is 24.2 Å². The number of thiol groups is 1. The second-order valence-electron chi connectivity index (χ2n) is 2.52. The minimum absolute atomic E-state index is 0.0954. The average Bonchev–Trinajstić information content (AvgIpc) is 2.16. The smallest absolute Gasteiger partial charge is 0.173 e. The molecule has 1 aromatic carbocycles. The van der Waals surface area contributed by atoms with E-state index in [1.54, 1.807) is 12.1 Å². The summed E-state index contributed by atoms with van der Waals surface area (Å²) >= 11 is 9.72. The van der Waals surface area contributed by atoms with Crippen LogP contribution in [0.5, 0.6) is 5.75 Å². The van der Waals surface area contributed by atoms with E-state index in [9.17, 15) is 4.39 Å². The topological polar surface area (TPSA) is 9.23 Å². The summed E-state index contributed by atoms with van der Waals surface area (Å²) < 4.78 is 18.3. The van der Waals surface area contributed by atoms with E-state index in [0.717, 1.165) is 0 Å². The molecule has 0 aliphatic rings. The van der Waals surface area contributed by atoms with Gasteiger partial charge in [-0.3, -0.25) is 0 Å². The molecular weight excluding hydrogens is 223 g/mol. The maximum absolute atomic E-state index is 13.1. The summed E-state index contributed by atoms with van der Waals surface area (Å²) in [5, 5.41) is 0.282. The van der Waals surface area contributed by atoms with Crippen LogP contribution in [0.4, 0.5) is 4.39 Å². The summed E-state index contributed by atoms with van der Waals surface area (Å²) in [6.07, 6.45) is 3.58. The van der Waals surface area contributed by atoms with Crippen molar-refractivity contribution in [2.45, 2.75) is 0 Å². The molecular formula is C10H10ClFOS. The molecule has 1 nitrogen and oxygen atoms in total. The van der Waals surface area contributed by atoms with Gasteiger partial charge in [0, 0.05) is 5.75 Å². The highest BCUT2D eigenvalue weighted by atomic mass is 35.5. The van der Waals surface area contributed by atoms with Crippen LogP contribution in [0, 0.1) is 5.82 Å². The lowest BCUT2D eigenvalue weighted by molar-refractivity contribution is 0.342. The van der Waals surface area contributed by atoms with E-state index in [1.807, 2.05) is 6.08 Å². The molecule has 1 rings (SSSR count). The van der Waals surface area contributed by atoms with Crippen LogP contribution in [0.1, 0.15) is 0 Å². The standard InChI is InChI=1S/C10H10ClFOS/c11-8-4-3-5-9(12)10(8)13-6-1-2-7-14/h1-5,14H,6-7H2/b2-1+. The maximum Gasteiger partial charge on any atom is 0.173 e. The van der Waals surface area contributed by atoms with Crippen LogP contribution in [0.15, 0.2) is 30.4 Å². The van der Waals surface area contributed by atoms with Crippen molar-refractivity contribution in [2.24, 2.45) is 0 Å². The zero-order valence-electron chi connectivity index (χ0n) is 7.41. The Kier molecular flexibility index (Phi) is 4.84. The van der Waals surface area contributed by atoms with Gasteiger partial charge in [0.2, 0.25) is 0 Å². The Labute approximate surface area is 92.9 Å². The molecule has 4 heteroatoms. The Morgan fingerprint density at radius 3 is 2.86 bits per heavy atom. The van der Waals surface area contributed by atoms with E-state index in [0.29, 0.717) is 12.4 Å². The average molecular weight is 233 g/mol. The van der Waals surface area contributed by atoms with Crippen molar-refractivity contribution in [3.8, 4) is 5.75 Å². The Bertz CT molecular complexity index is 308. The van der Waals surface area contributed by atoms with Gasteiger partial charge in [-0.2, -0.15) is 12.6 Å². The van der Waals surface area contributed by atoms with E-state index in [2.05, 4.69) is 12.6 Å². The van der Waals surface area contributed by atoms with E-state index in [-0.39, 0.29) is 10.8 Å². The van der Waals surface area contributed by atoms with Crippen molar-refractivity contribution < 1.29 is 9.13 Å². The van der Waals surface area contributed by atoms with Gasteiger partial charge in [-0.25, -0.2) is 4.39 Å². The van der Waals surface area contributed by atoms with Crippen LogP contribution in [-0.2, 0) is 0 Å². The summed E-state index contributed by atoms with van der Waals surface area (Å²) in [7, 11) is 0. The second-order valence-corrected chi connectivity index (χ2v) is 3.29. The molecule has 0 atom stereocenters. The highest BCUT2D eigenvalue weighted by Crippen LogP contribution is 2.26. The van der Waals surface area contributed by atoms with E-state index in [1.165, 1.54) is 12.1 Å². The van der Waals surface area contributed by atoms with Gasteiger partial charge >= 0.3 is 0 Å². The van der Waals surface area contributed by atoms with Crippen LogP contribution >= 0.6 is 24.2 Å². The molecule has 0 bridgehead atoms. The summed E-state index contributed by atoms with van der Waals surface area (Å²) in [5.74, 6) is 0.281. The quantitative estimate of drug-likeness (QED) is 0.619. The lowest BCUT2D eigenvalue weighted by Crippen LogP contribution is -1.96. The first kappa shape index (κ1) is 11.4. The van der Waals surface area contributed by atoms with Gasteiger partial charge in [0.25, 0.3) is 0 Å². The molecule has 0 heterocycles. The predicted octanol–water partition coefficient (Wildman–Crippen LogP) is 3.34. The molecule has 0 spiro atoms. The van der Waals surface area contributed by atoms with Gasteiger partial charge in [-0.1, -0.05) is 29.8 Å². The number of hydrogen-bond acceptors (Lipinski definition) is 2. The Morgan fingerprint density at radius 1 is 1.43 bits per heavy atom. The summed E-state index contributed by atoms with van der Waals surface area (Å²) in [5.41, 5.74) is 0. The largest absolute Gasteiger partial charge is 0.485 e. The van der Waals surface area contributed by atoms with Gasteiger partial charge in [-0.15, -0.1) is 0 Å². The van der Waals surface area contributed by atoms with Crippen molar-refractivity contribution in [3.05, 3.63) is 41.2 Å². The summed E-state index contributed by atoms with van der Waals surface area (Å²) in [4.78, 5) is 0. The number of ether oxygens (including phenoxy) is 1. The molecule has 0 saturated carbocycles. The Morgan fingerprint density at radius 2 is 2.21 bits per heavy atom. The molecule has 0 aliphatic carbocycles. The first-order valence-corrected chi connectivity index (χ1v) is 5.09. The minimum Gasteiger partial charge on any atom is -0.485 e. The van der Waals surface area contributed by atoms with Crippen LogP contribution in [-0.4, -0.2) is 12.4 Å². The third-order valence-corrected chi connectivity index (χ3v) is 2.02. The van der Waals surface area contributed by atoms with Gasteiger partial charge in [0.1, 0.15) is 6.61 Å². The zero-order chi connectivity index (χ0) is 10.4. The minimum atomic E-state index is -0.447. The third kappa shape index (κ3) is 3.24. The van der Waals surface area contributed by atoms with Crippen molar-refractivity contribution in [1.29, 1.82) is 0 Å². The van der Waals surface area contributed by atoms with Crippen molar-refractivity contribution in [1.82, 2.24) is 0 Å². The lowest BCUT2D eigenvalue weighted by Gasteiger charge is -2.05. The Hall–Kier alpha value is -0.670. The number of para-hydroxylation sites is 1. The SMILES string of the molecule is Fc1cccc(Cl)c1OC/C=C/CS. The summed E-state index contributed by atoms with van der Waals surface area (Å²) in [6, 6.07) is 4.43. The van der Waals surface area contributed by atoms with Crippen molar-refractivity contribution in [3.63, 3.8) is 0 Å². The van der Waals surface area contributed by atoms with Crippen LogP contribution in [0.2, 0.25) is 5.02 Å². The fourth-order valence-corrected chi connectivity index (χ4v) is 1.26. The summed E-state index contributed by atoms with van der Waals surface area (Å²) in [6.45, 7) is 0.293. The monoisotopic (exact) mass is 232 g/mol. The Balaban J connectivity index is 2.62. The van der Waals surface area contributed by atoms with E-state index >= 15 is 0 Å². The van der Waals surface area contributed by atoms with E-state index < -0.39 is 5.82 Å². The fraction of sp³-hybridized carbons (Fsp3) is 0.200. The zero-order valence-corrected chi connectivity index (χ0v) is 9.06. The molecule has 1 aromatic rings. The van der Waals surface area contributed by atoms with Crippen LogP contribution in [0.25, 0.3) is 0 Å². The molecule has 14 heavy (non-hydrogen) atoms. The third-order valence-electron chi connectivity index (χ3n) is 1.51. The molecule has 0 amide bonds. The van der Waals surface area contributed by atoms with Gasteiger partial charge < -0.3 is 4.74 Å². The molecule has 76 valence electrons. The molecule has 0 saturated heterocycles. The number of rotatable bonds is 4. The highest BCUT2D eigenvalue weighted by Gasteiger charge is 2.06. The lowest BCUT2D eigenvalue weighted by atomic mass is 10.3. The molecule has 0 fully saturated rings. The van der Waals surface area contributed by atoms with Gasteiger partial charge in [0.15, 0.2) is 11.6 Å². The number of hydrogen-bond donors (Lipinski definition) is 1. The first-order valence-electron chi connectivity index (χ1n) is 4.08. The van der Waals surface area contributed by atoms with Gasteiger partial charge in [-0.05, 0) is 12.1 Å². The van der Waals surface area contributed by atoms with Crippen molar-refractivity contribution in [2.75, 3.05) is 12.4 Å². The molecule has 0 aromatic heterocycles. The molecule has 0 aliphatic heterocycles.